The first-order valence-corrected chi connectivity index (χ1v) is 7.08. The third-order valence-corrected chi connectivity index (χ3v) is 3.77. The smallest absolute Gasteiger partial charge is 0.124 e. The monoisotopic (exact) mass is 295 g/mol. The molecule has 0 aliphatic heterocycles. The SMILES string of the molecule is CCNCc1c(C)nn(Cc2ccc(F)cc2Cl)c1C. The zero-order valence-corrected chi connectivity index (χ0v) is 12.8. The van der Waals surface area contributed by atoms with Crippen LogP contribution in [0, 0.1) is 19.7 Å². The average molecular weight is 296 g/mol. The minimum atomic E-state index is -0.319. The van der Waals surface area contributed by atoms with E-state index in [1.165, 1.54) is 17.7 Å². The Hall–Kier alpha value is -1.39. The molecular weight excluding hydrogens is 277 g/mol. The van der Waals surface area contributed by atoms with Crippen molar-refractivity contribution in [2.45, 2.75) is 33.9 Å². The molecule has 0 aliphatic carbocycles. The minimum absolute atomic E-state index is 0.319. The average Bonchev–Trinajstić information content (AvgIpc) is 2.66. The van der Waals surface area contributed by atoms with Crippen molar-refractivity contribution in [2.75, 3.05) is 6.54 Å². The predicted octanol–water partition coefficient (Wildman–Crippen LogP) is 3.45. The van der Waals surface area contributed by atoms with Crippen molar-refractivity contribution in [3.8, 4) is 0 Å². The number of benzene rings is 1. The molecule has 20 heavy (non-hydrogen) atoms. The molecule has 108 valence electrons. The van der Waals surface area contributed by atoms with E-state index < -0.39 is 0 Å². The fourth-order valence-corrected chi connectivity index (χ4v) is 2.43. The first-order chi connectivity index (χ1) is 9.52. The van der Waals surface area contributed by atoms with Crippen LogP contribution in [0.2, 0.25) is 5.02 Å². The molecule has 0 spiro atoms. The molecule has 2 rings (SSSR count). The van der Waals surface area contributed by atoms with Gasteiger partial charge < -0.3 is 5.32 Å². The Labute approximate surface area is 123 Å². The normalized spacial score (nSPS) is 11.1. The Morgan fingerprint density at radius 3 is 2.75 bits per heavy atom. The lowest BCUT2D eigenvalue weighted by molar-refractivity contribution is 0.622. The molecule has 2 aromatic rings. The van der Waals surface area contributed by atoms with Crippen molar-refractivity contribution in [2.24, 2.45) is 0 Å². The highest BCUT2D eigenvalue weighted by Crippen LogP contribution is 2.20. The molecule has 0 saturated carbocycles. The van der Waals surface area contributed by atoms with Crippen molar-refractivity contribution in [3.05, 3.63) is 51.6 Å². The third-order valence-electron chi connectivity index (χ3n) is 3.42. The highest BCUT2D eigenvalue weighted by atomic mass is 35.5. The lowest BCUT2D eigenvalue weighted by atomic mass is 10.2. The second-order valence-corrected chi connectivity index (χ2v) is 5.23. The Morgan fingerprint density at radius 2 is 2.10 bits per heavy atom. The van der Waals surface area contributed by atoms with Crippen LogP contribution in [-0.4, -0.2) is 16.3 Å². The first-order valence-electron chi connectivity index (χ1n) is 6.70. The highest BCUT2D eigenvalue weighted by Gasteiger charge is 2.12. The zero-order chi connectivity index (χ0) is 14.7. The number of rotatable bonds is 5. The number of aromatic nitrogens is 2. The number of hydrogen-bond donors (Lipinski definition) is 1. The van der Waals surface area contributed by atoms with Gasteiger partial charge in [0.25, 0.3) is 0 Å². The molecule has 0 unspecified atom stereocenters. The van der Waals surface area contributed by atoms with Gasteiger partial charge in [-0.15, -0.1) is 0 Å². The summed E-state index contributed by atoms with van der Waals surface area (Å²) in [6.45, 7) is 8.41. The van der Waals surface area contributed by atoms with Gasteiger partial charge in [-0.3, -0.25) is 4.68 Å². The molecule has 3 nitrogen and oxygen atoms in total. The molecule has 0 saturated heterocycles. The van der Waals surface area contributed by atoms with Crippen molar-refractivity contribution < 1.29 is 4.39 Å². The zero-order valence-electron chi connectivity index (χ0n) is 12.0. The molecule has 1 heterocycles. The third kappa shape index (κ3) is 3.19. The van der Waals surface area contributed by atoms with Crippen LogP contribution in [0.15, 0.2) is 18.2 Å². The quantitative estimate of drug-likeness (QED) is 0.915. The summed E-state index contributed by atoms with van der Waals surface area (Å²) in [5, 5.41) is 8.30. The van der Waals surface area contributed by atoms with Gasteiger partial charge in [0.15, 0.2) is 0 Å². The number of aryl methyl sites for hydroxylation is 1. The molecule has 5 heteroatoms. The van der Waals surface area contributed by atoms with Crippen molar-refractivity contribution >= 4 is 11.6 Å². The van der Waals surface area contributed by atoms with Gasteiger partial charge >= 0.3 is 0 Å². The molecule has 1 N–H and O–H groups in total. The van der Waals surface area contributed by atoms with E-state index in [1.54, 1.807) is 6.07 Å². The van der Waals surface area contributed by atoms with Crippen LogP contribution in [0.25, 0.3) is 0 Å². The standard InChI is InChI=1S/C15H19ClFN3/c1-4-18-8-14-10(2)19-20(11(14)3)9-12-5-6-13(17)7-15(12)16/h5-7,18H,4,8-9H2,1-3H3. The van der Waals surface area contributed by atoms with Crippen molar-refractivity contribution in [1.29, 1.82) is 0 Å². The van der Waals surface area contributed by atoms with Crippen molar-refractivity contribution in [1.82, 2.24) is 15.1 Å². The van der Waals surface area contributed by atoms with Crippen LogP contribution < -0.4 is 5.32 Å². The van der Waals surface area contributed by atoms with Gasteiger partial charge in [0.1, 0.15) is 5.82 Å². The van der Waals surface area contributed by atoms with Gasteiger partial charge in [-0.25, -0.2) is 4.39 Å². The number of hydrogen-bond acceptors (Lipinski definition) is 2. The maximum absolute atomic E-state index is 13.1. The van der Waals surface area contributed by atoms with E-state index >= 15 is 0 Å². The summed E-state index contributed by atoms with van der Waals surface area (Å²) in [4.78, 5) is 0. The topological polar surface area (TPSA) is 29.9 Å². The molecule has 0 aliphatic rings. The van der Waals surface area contributed by atoms with Crippen molar-refractivity contribution in [3.63, 3.8) is 0 Å². The predicted molar refractivity (Wildman–Crippen MR) is 79.6 cm³/mol. The molecule has 0 amide bonds. The maximum atomic E-state index is 13.1. The molecule has 1 aromatic heterocycles. The minimum Gasteiger partial charge on any atom is -0.313 e. The molecule has 1 aromatic carbocycles. The van der Waals surface area contributed by atoms with E-state index in [-0.39, 0.29) is 5.82 Å². The van der Waals surface area contributed by atoms with Crippen LogP contribution in [0.1, 0.15) is 29.4 Å². The number of halogens is 2. The Morgan fingerprint density at radius 1 is 1.35 bits per heavy atom. The molecule has 0 fully saturated rings. The number of nitrogens with zero attached hydrogens (tertiary/aromatic N) is 2. The Bertz CT molecular complexity index is 607. The van der Waals surface area contributed by atoms with Crippen LogP contribution >= 0.6 is 11.6 Å². The van der Waals surface area contributed by atoms with E-state index in [4.69, 9.17) is 11.6 Å². The summed E-state index contributed by atoms with van der Waals surface area (Å²) in [6, 6.07) is 4.46. The van der Waals surface area contributed by atoms with E-state index in [0.29, 0.717) is 11.6 Å². The van der Waals surface area contributed by atoms with Gasteiger partial charge in [0.2, 0.25) is 0 Å². The van der Waals surface area contributed by atoms with Crippen LogP contribution in [0.4, 0.5) is 4.39 Å². The molecular formula is C15H19ClFN3. The maximum Gasteiger partial charge on any atom is 0.124 e. The summed E-state index contributed by atoms with van der Waals surface area (Å²) in [5.41, 5.74) is 4.21. The van der Waals surface area contributed by atoms with Gasteiger partial charge in [-0.2, -0.15) is 5.10 Å². The van der Waals surface area contributed by atoms with E-state index in [2.05, 4.69) is 17.3 Å². The lowest BCUT2D eigenvalue weighted by Crippen LogP contribution is -2.13. The molecule has 0 radical (unpaired) electrons. The van der Waals surface area contributed by atoms with E-state index in [9.17, 15) is 4.39 Å². The van der Waals surface area contributed by atoms with Crippen LogP contribution in [0.3, 0.4) is 0 Å². The molecule has 0 bridgehead atoms. The van der Waals surface area contributed by atoms with Crippen LogP contribution in [-0.2, 0) is 13.1 Å². The van der Waals surface area contributed by atoms with Gasteiger partial charge in [-0.1, -0.05) is 24.6 Å². The summed E-state index contributed by atoms with van der Waals surface area (Å²) < 4.78 is 15.0. The highest BCUT2D eigenvalue weighted by molar-refractivity contribution is 6.31. The number of nitrogens with one attached hydrogen (secondary N) is 1. The summed E-state index contributed by atoms with van der Waals surface area (Å²) in [6.07, 6.45) is 0. The Kier molecular flexibility index (Phi) is 4.78. The van der Waals surface area contributed by atoms with E-state index in [1.807, 2.05) is 18.5 Å². The summed E-state index contributed by atoms with van der Waals surface area (Å²) in [7, 11) is 0. The second kappa shape index (κ2) is 6.37. The van der Waals surface area contributed by atoms with Gasteiger partial charge in [0, 0.05) is 22.8 Å². The summed E-state index contributed by atoms with van der Waals surface area (Å²) in [5.74, 6) is -0.319. The van der Waals surface area contributed by atoms with E-state index in [0.717, 1.165) is 30.0 Å². The Balaban J connectivity index is 2.25. The van der Waals surface area contributed by atoms with Gasteiger partial charge in [0.05, 0.1) is 12.2 Å². The second-order valence-electron chi connectivity index (χ2n) is 4.82. The lowest BCUT2D eigenvalue weighted by Gasteiger charge is -2.08. The van der Waals surface area contributed by atoms with Gasteiger partial charge in [-0.05, 0) is 38.1 Å². The largest absolute Gasteiger partial charge is 0.313 e. The fourth-order valence-electron chi connectivity index (χ4n) is 2.21. The first kappa shape index (κ1) is 15.0. The molecule has 0 atom stereocenters. The van der Waals surface area contributed by atoms with Crippen LogP contribution in [0.5, 0.6) is 0 Å². The fraction of sp³-hybridized carbons (Fsp3) is 0.400. The summed E-state index contributed by atoms with van der Waals surface area (Å²) >= 11 is 6.07.